The molecule has 23 heavy (non-hydrogen) atoms. The molecule has 6 heteroatoms. The Hall–Kier alpha value is -0.585. The summed E-state index contributed by atoms with van der Waals surface area (Å²) in [5.41, 5.74) is 1.89. The van der Waals surface area contributed by atoms with Crippen LogP contribution in [0, 0.1) is 0 Å². The summed E-state index contributed by atoms with van der Waals surface area (Å²) in [4.78, 5) is 2.49. The average molecular weight is 339 g/mol. The summed E-state index contributed by atoms with van der Waals surface area (Å²) in [6.07, 6.45) is 0. The van der Waals surface area contributed by atoms with Gasteiger partial charge in [0.05, 0.1) is 11.2 Å². The highest BCUT2D eigenvalue weighted by Crippen LogP contribution is 2.36. The van der Waals surface area contributed by atoms with Crippen molar-refractivity contribution in [1.29, 1.82) is 0 Å². The van der Waals surface area contributed by atoms with Gasteiger partial charge in [0, 0.05) is 32.7 Å². The van der Waals surface area contributed by atoms with Gasteiger partial charge in [-0.3, -0.25) is 4.90 Å². The van der Waals surface area contributed by atoms with Crippen molar-refractivity contribution in [2.24, 2.45) is 0 Å². The number of hydrogen-bond donors (Lipinski definition) is 1. The molecule has 4 nitrogen and oxygen atoms in total. The van der Waals surface area contributed by atoms with E-state index in [0.29, 0.717) is 0 Å². The first-order valence-electron chi connectivity index (χ1n) is 8.25. The Morgan fingerprint density at radius 3 is 2.04 bits per heavy atom. The molecular formula is C17H28BClN2O2. The van der Waals surface area contributed by atoms with Gasteiger partial charge in [-0.15, -0.1) is 12.4 Å². The van der Waals surface area contributed by atoms with Crippen LogP contribution in [0.2, 0.25) is 0 Å². The van der Waals surface area contributed by atoms with Crippen LogP contribution < -0.4 is 10.8 Å². The minimum absolute atomic E-state index is 0. The third kappa shape index (κ3) is 4.09. The Labute approximate surface area is 146 Å². The molecule has 0 unspecified atom stereocenters. The lowest BCUT2D eigenvalue weighted by Crippen LogP contribution is -2.43. The molecule has 0 amide bonds. The highest BCUT2D eigenvalue weighted by Gasteiger charge is 2.51. The summed E-state index contributed by atoms with van der Waals surface area (Å²) in [5.74, 6) is 0. The summed E-state index contributed by atoms with van der Waals surface area (Å²) in [5, 5.41) is 3.39. The Morgan fingerprint density at radius 2 is 1.52 bits per heavy atom. The number of halogens is 1. The van der Waals surface area contributed by atoms with Gasteiger partial charge in [-0.25, -0.2) is 0 Å². The maximum atomic E-state index is 6.10. The molecule has 0 aliphatic carbocycles. The maximum Gasteiger partial charge on any atom is 0.494 e. The molecule has 1 N–H and O–H groups in total. The van der Waals surface area contributed by atoms with Crippen molar-refractivity contribution in [1.82, 2.24) is 10.2 Å². The van der Waals surface area contributed by atoms with Crippen LogP contribution in [0.15, 0.2) is 24.3 Å². The highest BCUT2D eigenvalue weighted by atomic mass is 35.5. The summed E-state index contributed by atoms with van der Waals surface area (Å²) in [7, 11) is -0.266. The van der Waals surface area contributed by atoms with E-state index in [1.807, 2.05) is 0 Å². The fraction of sp³-hybridized carbons (Fsp3) is 0.647. The van der Waals surface area contributed by atoms with Crippen LogP contribution in [0.25, 0.3) is 0 Å². The first kappa shape index (κ1) is 18.7. The molecule has 2 aliphatic rings. The molecular weight excluding hydrogens is 310 g/mol. The van der Waals surface area contributed by atoms with Gasteiger partial charge in [0.2, 0.25) is 0 Å². The lowest BCUT2D eigenvalue weighted by Gasteiger charge is -2.32. The molecule has 0 aromatic heterocycles. The minimum atomic E-state index is -0.281. The number of hydrogen-bond acceptors (Lipinski definition) is 4. The fourth-order valence-electron chi connectivity index (χ4n) is 2.89. The average Bonchev–Trinajstić information content (AvgIpc) is 2.69. The molecule has 1 aromatic rings. The van der Waals surface area contributed by atoms with E-state index in [-0.39, 0.29) is 30.7 Å². The maximum absolute atomic E-state index is 6.10. The predicted molar refractivity (Wildman–Crippen MR) is 97.6 cm³/mol. The van der Waals surface area contributed by atoms with Gasteiger partial charge in [-0.1, -0.05) is 24.3 Å². The molecule has 2 heterocycles. The molecule has 0 spiro atoms. The van der Waals surface area contributed by atoms with Crippen molar-refractivity contribution in [3.63, 3.8) is 0 Å². The number of piperazine rings is 1. The van der Waals surface area contributed by atoms with E-state index in [4.69, 9.17) is 9.31 Å². The van der Waals surface area contributed by atoms with Crippen molar-refractivity contribution < 1.29 is 9.31 Å². The third-order valence-electron chi connectivity index (χ3n) is 5.12. The number of benzene rings is 1. The van der Waals surface area contributed by atoms with Gasteiger partial charge >= 0.3 is 7.12 Å². The number of rotatable bonds is 3. The lowest BCUT2D eigenvalue weighted by molar-refractivity contribution is 0.00578. The topological polar surface area (TPSA) is 33.7 Å². The van der Waals surface area contributed by atoms with Crippen LogP contribution in [0.4, 0.5) is 0 Å². The molecule has 1 aromatic carbocycles. The molecule has 128 valence electrons. The number of nitrogens with one attached hydrogen (secondary N) is 1. The summed E-state index contributed by atoms with van der Waals surface area (Å²) >= 11 is 0. The fourth-order valence-corrected chi connectivity index (χ4v) is 2.89. The second kappa shape index (κ2) is 7.12. The van der Waals surface area contributed by atoms with Crippen molar-refractivity contribution in [2.75, 3.05) is 26.2 Å². The zero-order valence-electron chi connectivity index (χ0n) is 14.6. The van der Waals surface area contributed by atoms with E-state index in [0.717, 1.165) is 38.2 Å². The van der Waals surface area contributed by atoms with E-state index in [9.17, 15) is 0 Å². The quantitative estimate of drug-likeness (QED) is 0.852. The Kier molecular flexibility index (Phi) is 5.80. The Balaban J connectivity index is 0.00000192. The van der Waals surface area contributed by atoms with Crippen molar-refractivity contribution >= 4 is 25.0 Å². The zero-order valence-corrected chi connectivity index (χ0v) is 15.4. The van der Waals surface area contributed by atoms with Crippen LogP contribution in [0.5, 0.6) is 0 Å². The second-order valence-corrected chi connectivity index (χ2v) is 7.36. The number of nitrogens with zero attached hydrogens (tertiary/aromatic N) is 1. The molecule has 0 bridgehead atoms. The van der Waals surface area contributed by atoms with Crippen LogP contribution in [-0.2, 0) is 15.9 Å². The van der Waals surface area contributed by atoms with Crippen molar-refractivity contribution in [3.8, 4) is 0 Å². The largest absolute Gasteiger partial charge is 0.494 e. The van der Waals surface area contributed by atoms with E-state index in [2.05, 4.69) is 62.2 Å². The monoisotopic (exact) mass is 338 g/mol. The van der Waals surface area contributed by atoms with Crippen LogP contribution in [-0.4, -0.2) is 49.4 Å². The van der Waals surface area contributed by atoms with E-state index in [1.54, 1.807) is 0 Å². The molecule has 0 radical (unpaired) electrons. The zero-order chi connectivity index (χ0) is 15.8. The smallest absolute Gasteiger partial charge is 0.399 e. The van der Waals surface area contributed by atoms with E-state index >= 15 is 0 Å². The Morgan fingerprint density at radius 1 is 1.00 bits per heavy atom. The summed E-state index contributed by atoms with van der Waals surface area (Å²) < 4.78 is 12.2. The van der Waals surface area contributed by atoms with E-state index in [1.165, 1.54) is 5.56 Å². The van der Waals surface area contributed by atoms with Crippen LogP contribution >= 0.6 is 12.4 Å². The standard InChI is InChI=1S/C17H27BN2O2.ClH/c1-16(2)17(3,4)22-18(21-16)15-7-5-14(6-8-15)13-20-11-9-19-10-12-20;/h5-8,19H,9-13H2,1-4H3;1H. The van der Waals surface area contributed by atoms with Gasteiger partial charge in [0.15, 0.2) is 0 Å². The lowest BCUT2D eigenvalue weighted by atomic mass is 9.79. The van der Waals surface area contributed by atoms with E-state index < -0.39 is 0 Å². The third-order valence-corrected chi connectivity index (χ3v) is 5.12. The molecule has 0 atom stereocenters. The van der Waals surface area contributed by atoms with Crippen LogP contribution in [0.1, 0.15) is 33.3 Å². The predicted octanol–water partition coefficient (Wildman–Crippen LogP) is 1.81. The van der Waals surface area contributed by atoms with Gasteiger partial charge in [0.1, 0.15) is 0 Å². The van der Waals surface area contributed by atoms with Gasteiger partial charge < -0.3 is 14.6 Å². The molecule has 2 fully saturated rings. The highest BCUT2D eigenvalue weighted by molar-refractivity contribution is 6.62. The first-order valence-corrected chi connectivity index (χ1v) is 8.25. The first-order chi connectivity index (χ1) is 10.4. The molecule has 2 saturated heterocycles. The van der Waals surface area contributed by atoms with Gasteiger partial charge in [-0.2, -0.15) is 0 Å². The SMILES string of the molecule is CC1(C)OB(c2ccc(CN3CCNCC3)cc2)OC1(C)C.Cl. The van der Waals surface area contributed by atoms with Crippen molar-refractivity contribution in [2.45, 2.75) is 45.4 Å². The Bertz CT molecular complexity index is 500. The van der Waals surface area contributed by atoms with Gasteiger partial charge in [0.25, 0.3) is 0 Å². The summed E-state index contributed by atoms with van der Waals surface area (Å²) in [6, 6.07) is 8.67. The van der Waals surface area contributed by atoms with Gasteiger partial charge in [-0.05, 0) is 38.7 Å². The normalized spacial score (nSPS) is 23.6. The molecule has 3 rings (SSSR count). The van der Waals surface area contributed by atoms with Crippen LogP contribution in [0.3, 0.4) is 0 Å². The van der Waals surface area contributed by atoms with Crippen molar-refractivity contribution in [3.05, 3.63) is 29.8 Å². The molecule has 0 saturated carbocycles. The molecule has 2 aliphatic heterocycles. The summed E-state index contributed by atoms with van der Waals surface area (Å²) in [6.45, 7) is 13.8. The second-order valence-electron chi connectivity index (χ2n) is 7.36. The minimum Gasteiger partial charge on any atom is -0.399 e.